The van der Waals surface area contributed by atoms with Gasteiger partial charge in [0.15, 0.2) is 0 Å². The van der Waals surface area contributed by atoms with E-state index in [1.165, 1.54) is 12.1 Å². The van der Waals surface area contributed by atoms with E-state index >= 15 is 0 Å². The Morgan fingerprint density at radius 3 is 2.78 bits per heavy atom. The van der Waals surface area contributed by atoms with E-state index < -0.39 is 0 Å². The van der Waals surface area contributed by atoms with Crippen molar-refractivity contribution in [1.82, 2.24) is 10.3 Å². The largest absolute Gasteiger partial charge is 0.322 e. The van der Waals surface area contributed by atoms with Crippen molar-refractivity contribution in [2.45, 2.75) is 32.2 Å². The molecule has 1 fully saturated rings. The number of aromatic nitrogens is 1. The first-order valence-corrected chi connectivity index (χ1v) is 9.36. The minimum atomic E-state index is -0.370. The predicted octanol–water partition coefficient (Wildman–Crippen LogP) is 4.61. The van der Waals surface area contributed by atoms with Gasteiger partial charge in [-0.05, 0) is 55.3 Å². The monoisotopic (exact) mass is 363 g/mol. The second-order valence-corrected chi connectivity index (χ2v) is 6.92. The highest BCUT2D eigenvalue weighted by Gasteiger charge is 2.27. The molecule has 1 aliphatic rings. The first-order chi connectivity index (χ1) is 13.2. The van der Waals surface area contributed by atoms with Crippen LogP contribution in [0.3, 0.4) is 0 Å². The van der Waals surface area contributed by atoms with Gasteiger partial charge in [-0.1, -0.05) is 25.1 Å². The Kier molecular flexibility index (Phi) is 4.86. The molecule has 0 unspecified atom stereocenters. The Labute approximate surface area is 157 Å². The molecule has 0 spiro atoms. The fourth-order valence-electron chi connectivity index (χ4n) is 3.24. The number of hydrogen-bond donors (Lipinski definition) is 2. The summed E-state index contributed by atoms with van der Waals surface area (Å²) >= 11 is 0. The zero-order valence-corrected chi connectivity index (χ0v) is 15.3. The third kappa shape index (κ3) is 3.83. The van der Waals surface area contributed by atoms with E-state index in [2.05, 4.69) is 15.6 Å². The molecule has 0 radical (unpaired) electrons. The van der Waals surface area contributed by atoms with Crippen LogP contribution in [0.15, 0.2) is 48.5 Å². The first-order valence-electron chi connectivity index (χ1n) is 9.36. The van der Waals surface area contributed by atoms with Crippen LogP contribution in [0.1, 0.15) is 47.3 Å². The maximum Gasteiger partial charge on any atom is 0.256 e. The number of fused-ring (bicyclic) bond motifs is 1. The molecule has 0 saturated heterocycles. The summed E-state index contributed by atoms with van der Waals surface area (Å²) in [5, 5.41) is 6.82. The molecule has 1 heterocycles. The third-order valence-corrected chi connectivity index (χ3v) is 4.86. The molecule has 0 atom stereocenters. The van der Waals surface area contributed by atoms with Gasteiger partial charge in [-0.3, -0.25) is 9.78 Å². The molecule has 1 saturated carbocycles. The van der Waals surface area contributed by atoms with Crippen molar-refractivity contribution in [2.24, 2.45) is 0 Å². The summed E-state index contributed by atoms with van der Waals surface area (Å²) in [6.45, 7) is 3.56. The Morgan fingerprint density at radius 1 is 1.19 bits per heavy atom. The summed E-state index contributed by atoms with van der Waals surface area (Å²) in [7, 11) is 0. The summed E-state index contributed by atoms with van der Waals surface area (Å²) in [5.41, 5.74) is 3.82. The minimum absolute atomic E-state index is 0.237. The van der Waals surface area contributed by atoms with E-state index in [9.17, 15) is 9.18 Å². The van der Waals surface area contributed by atoms with Gasteiger partial charge < -0.3 is 10.6 Å². The predicted molar refractivity (Wildman–Crippen MR) is 105 cm³/mol. The van der Waals surface area contributed by atoms with E-state index in [-0.39, 0.29) is 11.7 Å². The van der Waals surface area contributed by atoms with Crippen LogP contribution in [0.4, 0.5) is 10.1 Å². The van der Waals surface area contributed by atoms with Crippen LogP contribution in [-0.4, -0.2) is 17.4 Å². The summed E-state index contributed by atoms with van der Waals surface area (Å²) in [6.07, 6.45) is 2.18. The number of rotatable bonds is 6. The molecule has 1 aliphatic carbocycles. The van der Waals surface area contributed by atoms with Crippen LogP contribution in [-0.2, 0) is 6.54 Å². The van der Waals surface area contributed by atoms with Crippen LogP contribution in [0.25, 0.3) is 10.9 Å². The number of anilines is 1. The second kappa shape index (κ2) is 7.45. The molecule has 0 bridgehead atoms. The lowest BCUT2D eigenvalue weighted by molar-refractivity contribution is 0.102. The van der Waals surface area contributed by atoms with Gasteiger partial charge >= 0.3 is 0 Å². The highest BCUT2D eigenvalue weighted by atomic mass is 19.1. The lowest BCUT2D eigenvalue weighted by Crippen LogP contribution is -2.17. The zero-order valence-electron chi connectivity index (χ0n) is 15.3. The van der Waals surface area contributed by atoms with Gasteiger partial charge in [0.2, 0.25) is 0 Å². The van der Waals surface area contributed by atoms with Crippen molar-refractivity contribution in [1.29, 1.82) is 0 Å². The highest BCUT2D eigenvalue weighted by Crippen LogP contribution is 2.40. The molecule has 0 aliphatic heterocycles. The van der Waals surface area contributed by atoms with Crippen LogP contribution < -0.4 is 10.6 Å². The number of pyridine rings is 1. The summed E-state index contributed by atoms with van der Waals surface area (Å²) in [5.74, 6) is -0.198. The Bertz CT molecular complexity index is 998. The van der Waals surface area contributed by atoms with E-state index in [0.717, 1.165) is 36.3 Å². The molecule has 138 valence electrons. The smallest absolute Gasteiger partial charge is 0.256 e. The van der Waals surface area contributed by atoms with Crippen molar-refractivity contribution >= 4 is 22.5 Å². The molecule has 27 heavy (non-hydrogen) atoms. The number of benzene rings is 2. The second-order valence-electron chi connectivity index (χ2n) is 6.92. The van der Waals surface area contributed by atoms with E-state index in [1.807, 2.05) is 37.3 Å². The van der Waals surface area contributed by atoms with Gasteiger partial charge in [0.05, 0.1) is 11.1 Å². The number of carbonyl (C=O) groups is 1. The van der Waals surface area contributed by atoms with Crippen LogP contribution in [0.2, 0.25) is 0 Å². The van der Waals surface area contributed by atoms with Crippen molar-refractivity contribution in [3.8, 4) is 0 Å². The van der Waals surface area contributed by atoms with Crippen LogP contribution in [0, 0.1) is 5.82 Å². The lowest BCUT2D eigenvalue weighted by atomic mass is 10.0. The molecule has 1 amide bonds. The van der Waals surface area contributed by atoms with E-state index in [4.69, 9.17) is 0 Å². The topological polar surface area (TPSA) is 54.0 Å². The Balaban J connectivity index is 1.71. The van der Waals surface area contributed by atoms with E-state index in [1.54, 1.807) is 6.07 Å². The van der Waals surface area contributed by atoms with Gasteiger partial charge in [0, 0.05) is 29.2 Å². The van der Waals surface area contributed by atoms with Crippen LogP contribution >= 0.6 is 0 Å². The molecular weight excluding hydrogens is 341 g/mol. The fraction of sp³-hybridized carbons (Fsp3) is 0.273. The van der Waals surface area contributed by atoms with Crippen molar-refractivity contribution < 1.29 is 9.18 Å². The van der Waals surface area contributed by atoms with Gasteiger partial charge in [-0.2, -0.15) is 0 Å². The van der Waals surface area contributed by atoms with Gasteiger partial charge in [-0.15, -0.1) is 0 Å². The number of nitrogens with zero attached hydrogens (tertiary/aromatic N) is 1. The maximum atomic E-state index is 13.8. The van der Waals surface area contributed by atoms with Crippen molar-refractivity contribution in [3.05, 3.63) is 71.2 Å². The highest BCUT2D eigenvalue weighted by molar-refractivity contribution is 6.12. The quantitative estimate of drug-likeness (QED) is 0.672. The first kappa shape index (κ1) is 17.6. The molecule has 2 N–H and O–H groups in total. The number of hydrogen-bond acceptors (Lipinski definition) is 3. The van der Waals surface area contributed by atoms with E-state index in [0.29, 0.717) is 28.9 Å². The zero-order chi connectivity index (χ0) is 18.8. The molecule has 1 aromatic heterocycles. The maximum absolute atomic E-state index is 13.8. The standard InChI is InChI=1S/C22H22FN3O/c1-2-24-13-15-5-3-4-6-19(15)26-22(27)18-12-21(14-7-8-14)25-20-10-9-16(23)11-17(18)20/h3-6,9-12,14,24H,2,7-8,13H2,1H3,(H,26,27). The summed E-state index contributed by atoms with van der Waals surface area (Å²) < 4.78 is 13.8. The van der Waals surface area contributed by atoms with Crippen molar-refractivity contribution in [2.75, 3.05) is 11.9 Å². The fourth-order valence-corrected chi connectivity index (χ4v) is 3.24. The van der Waals surface area contributed by atoms with Gasteiger partial charge in [0.1, 0.15) is 5.82 Å². The van der Waals surface area contributed by atoms with Gasteiger partial charge in [-0.25, -0.2) is 4.39 Å². The molecular formula is C22H22FN3O. The Hall–Kier alpha value is -2.79. The van der Waals surface area contributed by atoms with Crippen molar-refractivity contribution in [3.63, 3.8) is 0 Å². The number of amides is 1. The lowest BCUT2D eigenvalue weighted by Gasteiger charge is -2.13. The number of nitrogens with one attached hydrogen (secondary N) is 2. The Morgan fingerprint density at radius 2 is 2.00 bits per heavy atom. The minimum Gasteiger partial charge on any atom is -0.322 e. The average Bonchev–Trinajstić information content (AvgIpc) is 3.51. The molecule has 2 aromatic carbocycles. The normalized spacial score (nSPS) is 13.7. The number of halogens is 1. The molecule has 4 rings (SSSR count). The molecule has 3 aromatic rings. The summed E-state index contributed by atoms with van der Waals surface area (Å²) in [4.78, 5) is 17.7. The SMILES string of the molecule is CCNCc1ccccc1NC(=O)c1cc(C2CC2)nc2ccc(F)cc12. The van der Waals surface area contributed by atoms with Crippen LogP contribution in [0.5, 0.6) is 0 Å². The number of para-hydroxylation sites is 1. The van der Waals surface area contributed by atoms with Gasteiger partial charge in [0.25, 0.3) is 5.91 Å². The third-order valence-electron chi connectivity index (χ3n) is 4.86. The summed E-state index contributed by atoms with van der Waals surface area (Å²) in [6, 6.07) is 14.0. The average molecular weight is 363 g/mol. The molecule has 4 nitrogen and oxygen atoms in total. The molecule has 5 heteroatoms. The number of carbonyl (C=O) groups excluding carboxylic acids is 1.